The van der Waals surface area contributed by atoms with E-state index in [9.17, 15) is 4.79 Å². The molecule has 21 heavy (non-hydrogen) atoms. The Kier molecular flexibility index (Phi) is 6.05. The first kappa shape index (κ1) is 15.8. The molecule has 1 aromatic carbocycles. The minimum absolute atomic E-state index is 0.148. The third-order valence-electron chi connectivity index (χ3n) is 3.63. The number of nitrogens with one attached hydrogen (secondary N) is 2. The van der Waals surface area contributed by atoms with E-state index in [1.807, 2.05) is 24.3 Å². The average molecular weight is 290 g/mol. The maximum Gasteiger partial charge on any atom is 0.319 e. The van der Waals surface area contributed by atoms with Crippen LogP contribution in [0.25, 0.3) is 0 Å². The zero-order valence-electron chi connectivity index (χ0n) is 13.0. The van der Waals surface area contributed by atoms with Crippen LogP contribution < -0.4 is 10.6 Å². The van der Waals surface area contributed by atoms with Crippen LogP contribution in [0.5, 0.6) is 0 Å². The summed E-state index contributed by atoms with van der Waals surface area (Å²) in [5, 5.41) is 5.79. The van der Waals surface area contributed by atoms with Gasteiger partial charge in [-0.1, -0.05) is 32.0 Å². The number of urea groups is 1. The van der Waals surface area contributed by atoms with Crippen molar-refractivity contribution in [3.8, 4) is 0 Å². The van der Waals surface area contributed by atoms with Crippen molar-refractivity contribution in [3.63, 3.8) is 0 Å². The van der Waals surface area contributed by atoms with Crippen molar-refractivity contribution in [2.75, 3.05) is 25.1 Å². The lowest BCUT2D eigenvalue weighted by molar-refractivity contribution is 0.122. The Hall–Kier alpha value is -1.55. The number of hydrogen-bond donors (Lipinski definition) is 2. The lowest BCUT2D eigenvalue weighted by Gasteiger charge is -2.14. The Labute approximate surface area is 127 Å². The molecular formula is C17H26N2O2. The number of anilines is 1. The first-order chi connectivity index (χ1) is 10.2. The van der Waals surface area contributed by atoms with Gasteiger partial charge in [0.25, 0.3) is 0 Å². The van der Waals surface area contributed by atoms with Gasteiger partial charge in [0.05, 0.1) is 0 Å². The summed E-state index contributed by atoms with van der Waals surface area (Å²) in [5.74, 6) is 1.19. The maximum absolute atomic E-state index is 11.9. The second kappa shape index (κ2) is 8.03. The van der Waals surface area contributed by atoms with Gasteiger partial charge >= 0.3 is 6.03 Å². The molecule has 1 aliphatic carbocycles. The Balaban J connectivity index is 1.64. The SMILES string of the molecule is CC(C)c1ccccc1NC(=O)NCCCOCC1CC1. The topological polar surface area (TPSA) is 50.4 Å². The highest BCUT2D eigenvalue weighted by molar-refractivity contribution is 5.90. The van der Waals surface area contributed by atoms with Crippen molar-refractivity contribution in [2.24, 2.45) is 5.92 Å². The van der Waals surface area contributed by atoms with Gasteiger partial charge in [-0.25, -0.2) is 4.79 Å². The molecule has 0 atom stereocenters. The van der Waals surface area contributed by atoms with Crippen LogP contribution in [0.1, 0.15) is 44.6 Å². The van der Waals surface area contributed by atoms with Crippen LogP contribution in [-0.4, -0.2) is 25.8 Å². The largest absolute Gasteiger partial charge is 0.381 e. The first-order valence-electron chi connectivity index (χ1n) is 7.88. The Morgan fingerprint density at radius 3 is 2.81 bits per heavy atom. The van der Waals surface area contributed by atoms with Gasteiger partial charge < -0.3 is 15.4 Å². The molecule has 2 N–H and O–H groups in total. The lowest BCUT2D eigenvalue weighted by Crippen LogP contribution is -2.30. The normalized spacial score (nSPS) is 14.2. The number of hydrogen-bond acceptors (Lipinski definition) is 2. The average Bonchev–Trinajstić information content (AvgIpc) is 3.27. The molecule has 1 aromatic rings. The molecule has 4 nitrogen and oxygen atoms in total. The minimum Gasteiger partial charge on any atom is -0.381 e. The fraction of sp³-hybridized carbons (Fsp3) is 0.588. The molecule has 1 aliphatic rings. The maximum atomic E-state index is 11.9. The van der Waals surface area contributed by atoms with E-state index in [-0.39, 0.29) is 6.03 Å². The zero-order chi connectivity index (χ0) is 15.1. The quantitative estimate of drug-likeness (QED) is 0.716. The molecule has 0 radical (unpaired) electrons. The first-order valence-corrected chi connectivity index (χ1v) is 7.88. The minimum atomic E-state index is -0.148. The highest BCUT2D eigenvalue weighted by atomic mass is 16.5. The van der Waals surface area contributed by atoms with Crippen molar-refractivity contribution in [1.82, 2.24) is 5.32 Å². The van der Waals surface area contributed by atoms with Crippen molar-refractivity contribution in [3.05, 3.63) is 29.8 Å². The molecule has 1 saturated carbocycles. The van der Waals surface area contributed by atoms with Crippen molar-refractivity contribution in [1.29, 1.82) is 0 Å². The highest BCUT2D eigenvalue weighted by Crippen LogP contribution is 2.28. The number of ether oxygens (including phenoxy) is 1. The molecule has 2 amide bonds. The van der Waals surface area contributed by atoms with Crippen LogP contribution in [0.4, 0.5) is 10.5 Å². The summed E-state index contributed by atoms with van der Waals surface area (Å²) in [6.07, 6.45) is 3.48. The molecule has 0 spiro atoms. The summed E-state index contributed by atoms with van der Waals surface area (Å²) in [4.78, 5) is 11.9. The number of rotatable bonds is 8. The van der Waals surface area contributed by atoms with Gasteiger partial charge in [0.15, 0.2) is 0 Å². The van der Waals surface area contributed by atoms with E-state index < -0.39 is 0 Å². The van der Waals surface area contributed by atoms with Crippen LogP contribution in [0, 0.1) is 5.92 Å². The molecule has 4 heteroatoms. The summed E-state index contributed by atoms with van der Waals surface area (Å²) in [7, 11) is 0. The predicted octanol–water partition coefficient (Wildman–Crippen LogP) is 3.75. The van der Waals surface area contributed by atoms with Gasteiger partial charge in [-0.15, -0.1) is 0 Å². The number of benzene rings is 1. The van der Waals surface area contributed by atoms with Gasteiger partial charge in [-0.2, -0.15) is 0 Å². The summed E-state index contributed by atoms with van der Waals surface area (Å²) in [6.45, 7) is 6.49. The molecule has 0 bridgehead atoms. The van der Waals surface area contributed by atoms with E-state index in [1.54, 1.807) is 0 Å². The van der Waals surface area contributed by atoms with E-state index in [0.717, 1.165) is 36.8 Å². The fourth-order valence-electron chi connectivity index (χ4n) is 2.19. The van der Waals surface area contributed by atoms with Crippen LogP contribution in [0.15, 0.2) is 24.3 Å². The molecular weight excluding hydrogens is 264 g/mol. The monoisotopic (exact) mass is 290 g/mol. The number of carbonyl (C=O) groups is 1. The van der Waals surface area contributed by atoms with E-state index in [0.29, 0.717) is 12.5 Å². The Morgan fingerprint density at radius 1 is 1.33 bits per heavy atom. The Morgan fingerprint density at radius 2 is 2.10 bits per heavy atom. The van der Waals surface area contributed by atoms with Crippen molar-refractivity contribution in [2.45, 2.75) is 39.0 Å². The molecule has 2 rings (SSSR count). The summed E-state index contributed by atoms with van der Waals surface area (Å²) in [5.41, 5.74) is 2.04. The third kappa shape index (κ3) is 5.76. The van der Waals surface area contributed by atoms with Crippen LogP contribution in [0.2, 0.25) is 0 Å². The van der Waals surface area contributed by atoms with Crippen LogP contribution in [-0.2, 0) is 4.74 Å². The second-order valence-corrected chi connectivity index (χ2v) is 5.99. The molecule has 1 fully saturated rings. The number of amides is 2. The molecule has 0 aromatic heterocycles. The van der Waals surface area contributed by atoms with Crippen LogP contribution in [0.3, 0.4) is 0 Å². The van der Waals surface area contributed by atoms with Crippen molar-refractivity contribution >= 4 is 11.7 Å². The zero-order valence-corrected chi connectivity index (χ0v) is 13.0. The van der Waals surface area contributed by atoms with Gasteiger partial charge in [-0.3, -0.25) is 0 Å². The summed E-state index contributed by atoms with van der Waals surface area (Å²) < 4.78 is 5.54. The number of para-hydroxylation sites is 1. The van der Waals surface area contributed by atoms with Gasteiger partial charge in [0.1, 0.15) is 0 Å². The predicted molar refractivity (Wildman–Crippen MR) is 85.7 cm³/mol. The second-order valence-electron chi connectivity index (χ2n) is 5.99. The summed E-state index contributed by atoms with van der Waals surface area (Å²) in [6, 6.07) is 7.77. The molecule has 0 unspecified atom stereocenters. The van der Waals surface area contributed by atoms with E-state index in [4.69, 9.17) is 4.74 Å². The van der Waals surface area contributed by atoms with E-state index in [2.05, 4.69) is 24.5 Å². The Bertz CT molecular complexity index is 456. The number of carbonyl (C=O) groups excluding carboxylic acids is 1. The standard InChI is InChI=1S/C17H26N2O2/c1-13(2)15-6-3-4-7-16(15)19-17(20)18-10-5-11-21-12-14-8-9-14/h3-4,6-7,13-14H,5,8-12H2,1-2H3,(H2,18,19,20). The summed E-state index contributed by atoms with van der Waals surface area (Å²) >= 11 is 0. The fourth-order valence-corrected chi connectivity index (χ4v) is 2.19. The van der Waals surface area contributed by atoms with E-state index in [1.165, 1.54) is 12.8 Å². The van der Waals surface area contributed by atoms with Crippen LogP contribution >= 0.6 is 0 Å². The molecule has 0 saturated heterocycles. The van der Waals surface area contributed by atoms with Gasteiger partial charge in [0, 0.05) is 25.4 Å². The van der Waals surface area contributed by atoms with Gasteiger partial charge in [-0.05, 0) is 42.7 Å². The van der Waals surface area contributed by atoms with E-state index >= 15 is 0 Å². The van der Waals surface area contributed by atoms with Crippen molar-refractivity contribution < 1.29 is 9.53 Å². The molecule has 0 aliphatic heterocycles. The van der Waals surface area contributed by atoms with Gasteiger partial charge in [0.2, 0.25) is 0 Å². The highest BCUT2D eigenvalue weighted by Gasteiger charge is 2.20. The lowest BCUT2D eigenvalue weighted by atomic mass is 10.0. The molecule has 116 valence electrons. The molecule has 0 heterocycles. The third-order valence-corrected chi connectivity index (χ3v) is 3.63. The smallest absolute Gasteiger partial charge is 0.319 e.